The maximum Gasteiger partial charge on any atom is 0.266 e. The molecule has 0 saturated carbocycles. The summed E-state index contributed by atoms with van der Waals surface area (Å²) >= 11 is 0. The van der Waals surface area contributed by atoms with Crippen LogP contribution in [0.1, 0.15) is 11.4 Å². The lowest BCUT2D eigenvalue weighted by Gasteiger charge is -2.13. The van der Waals surface area contributed by atoms with E-state index in [1.165, 1.54) is 10.6 Å². The van der Waals surface area contributed by atoms with Gasteiger partial charge in [-0.25, -0.2) is 4.98 Å². The van der Waals surface area contributed by atoms with Gasteiger partial charge in [0.05, 0.1) is 22.2 Å². The second-order valence-corrected chi connectivity index (χ2v) is 6.67. The minimum absolute atomic E-state index is 0.0531. The summed E-state index contributed by atoms with van der Waals surface area (Å²) in [6.45, 7) is 0. The predicted octanol–water partition coefficient (Wildman–Crippen LogP) is 3.58. The number of anilines is 1. The zero-order valence-electron chi connectivity index (χ0n) is 15.2. The summed E-state index contributed by atoms with van der Waals surface area (Å²) in [4.78, 5) is 30.5. The van der Waals surface area contributed by atoms with Crippen LogP contribution in [0.2, 0.25) is 0 Å². The molecule has 29 heavy (non-hydrogen) atoms. The Morgan fingerprint density at radius 1 is 0.897 bits per heavy atom. The molecule has 1 amide bonds. The highest BCUT2D eigenvalue weighted by atomic mass is 16.3. The number of benzene rings is 3. The lowest BCUT2D eigenvalue weighted by molar-refractivity contribution is -0.110. The molecule has 2 N–H and O–H groups in total. The maximum atomic E-state index is 13.3. The molecule has 0 aliphatic carbocycles. The van der Waals surface area contributed by atoms with Crippen LogP contribution in [0.4, 0.5) is 5.69 Å². The first kappa shape index (κ1) is 16.9. The summed E-state index contributed by atoms with van der Waals surface area (Å²) in [6.07, 6.45) is 1.58. The van der Waals surface area contributed by atoms with Crippen molar-refractivity contribution in [2.45, 2.75) is 0 Å². The normalized spacial score (nSPS) is 14.2. The first-order valence-electron chi connectivity index (χ1n) is 9.06. The van der Waals surface area contributed by atoms with Crippen LogP contribution >= 0.6 is 0 Å². The van der Waals surface area contributed by atoms with Gasteiger partial charge in [-0.05, 0) is 36.4 Å². The Morgan fingerprint density at radius 2 is 1.62 bits per heavy atom. The molecule has 1 aliphatic rings. The molecule has 0 atom stereocenters. The smallest absolute Gasteiger partial charge is 0.266 e. The van der Waals surface area contributed by atoms with E-state index in [9.17, 15) is 14.7 Å². The van der Waals surface area contributed by atoms with Crippen LogP contribution in [0.15, 0.2) is 77.6 Å². The van der Waals surface area contributed by atoms with E-state index in [1.54, 1.807) is 48.5 Å². The number of hydrogen-bond donors (Lipinski definition) is 2. The van der Waals surface area contributed by atoms with Crippen LogP contribution < -0.4 is 10.9 Å². The van der Waals surface area contributed by atoms with Gasteiger partial charge in [0.2, 0.25) is 0 Å². The molecule has 5 rings (SSSR count). The van der Waals surface area contributed by atoms with Crippen molar-refractivity contribution < 1.29 is 9.90 Å². The molecular formula is C23H15N3O3. The largest absolute Gasteiger partial charge is 0.506 e. The summed E-state index contributed by atoms with van der Waals surface area (Å²) in [5.74, 6) is -0.0582. The van der Waals surface area contributed by atoms with Crippen LogP contribution in [-0.2, 0) is 4.79 Å². The van der Waals surface area contributed by atoms with Crippen molar-refractivity contribution in [1.29, 1.82) is 0 Å². The number of carbonyl (C=O) groups is 1. The van der Waals surface area contributed by atoms with Gasteiger partial charge in [-0.2, -0.15) is 0 Å². The Labute approximate surface area is 165 Å². The van der Waals surface area contributed by atoms with Gasteiger partial charge in [0, 0.05) is 11.3 Å². The number of hydrogen-bond acceptors (Lipinski definition) is 4. The summed E-state index contributed by atoms with van der Waals surface area (Å²) < 4.78 is 1.33. The molecule has 0 saturated heterocycles. The summed E-state index contributed by atoms with van der Waals surface area (Å²) in [5.41, 5.74) is 2.35. The monoisotopic (exact) mass is 381 g/mol. The molecule has 4 aromatic rings. The van der Waals surface area contributed by atoms with E-state index in [2.05, 4.69) is 10.3 Å². The van der Waals surface area contributed by atoms with Crippen molar-refractivity contribution in [3.8, 4) is 11.4 Å². The third kappa shape index (κ3) is 2.70. The van der Waals surface area contributed by atoms with E-state index in [0.29, 0.717) is 27.9 Å². The Kier molecular flexibility index (Phi) is 3.77. The van der Waals surface area contributed by atoms with Crippen LogP contribution in [0.3, 0.4) is 0 Å². The quantitative estimate of drug-likeness (QED) is 0.520. The van der Waals surface area contributed by atoms with Crippen molar-refractivity contribution in [2.24, 2.45) is 0 Å². The Morgan fingerprint density at radius 3 is 2.48 bits per heavy atom. The number of carbonyl (C=O) groups excluding carboxylic acids is 1. The third-order valence-corrected chi connectivity index (χ3v) is 4.91. The molecule has 2 heterocycles. The summed E-state index contributed by atoms with van der Waals surface area (Å²) in [5, 5.41) is 13.6. The van der Waals surface area contributed by atoms with Gasteiger partial charge < -0.3 is 10.4 Å². The van der Waals surface area contributed by atoms with Crippen molar-refractivity contribution in [1.82, 2.24) is 9.55 Å². The molecule has 1 aliphatic heterocycles. The van der Waals surface area contributed by atoms with Crippen molar-refractivity contribution >= 4 is 34.1 Å². The Hall–Kier alpha value is -4.19. The Balaban J connectivity index is 1.85. The lowest BCUT2D eigenvalue weighted by Crippen LogP contribution is -2.22. The number of aromatic nitrogens is 2. The number of nitrogens with zero attached hydrogens (tertiary/aromatic N) is 2. The molecule has 0 unspecified atom stereocenters. The van der Waals surface area contributed by atoms with Crippen LogP contribution in [0.25, 0.3) is 28.2 Å². The van der Waals surface area contributed by atoms with Crippen molar-refractivity contribution in [2.75, 3.05) is 5.32 Å². The number of fused-ring (bicyclic) bond motifs is 2. The summed E-state index contributed by atoms with van der Waals surface area (Å²) in [6, 6.07) is 20.9. The number of phenolic OH excluding ortho intramolecular Hbond substituents is 1. The number of para-hydroxylation sites is 4. The van der Waals surface area contributed by atoms with E-state index in [1.807, 2.05) is 24.3 Å². The molecule has 0 bridgehead atoms. The van der Waals surface area contributed by atoms with E-state index < -0.39 is 0 Å². The van der Waals surface area contributed by atoms with Crippen LogP contribution in [-0.4, -0.2) is 20.6 Å². The average molecular weight is 381 g/mol. The molecule has 0 radical (unpaired) electrons. The molecule has 6 heteroatoms. The minimum atomic E-state index is -0.323. The first-order valence-corrected chi connectivity index (χ1v) is 9.06. The third-order valence-electron chi connectivity index (χ3n) is 4.91. The molecular weight excluding hydrogens is 366 g/mol. The van der Waals surface area contributed by atoms with E-state index >= 15 is 0 Å². The van der Waals surface area contributed by atoms with E-state index in [0.717, 1.165) is 5.56 Å². The second kappa shape index (κ2) is 6.45. The second-order valence-electron chi connectivity index (χ2n) is 6.67. The average Bonchev–Trinajstić information content (AvgIpc) is 3.04. The molecule has 140 valence electrons. The minimum Gasteiger partial charge on any atom is -0.506 e. The number of aromatic hydroxyl groups is 1. The zero-order chi connectivity index (χ0) is 20.0. The number of nitrogens with one attached hydrogen (secondary N) is 1. The fourth-order valence-corrected chi connectivity index (χ4v) is 3.54. The highest BCUT2D eigenvalue weighted by Crippen LogP contribution is 2.33. The fraction of sp³-hybridized carbons (Fsp3) is 0. The molecule has 6 nitrogen and oxygen atoms in total. The lowest BCUT2D eigenvalue weighted by atomic mass is 10.1. The standard InChI is InChI=1S/C23H15N3O3/c27-20-12-6-5-11-19(20)26-21(24-18-10-4-2-8-15(18)23(26)29)13-16-14-7-1-3-9-17(14)25-22(16)28/h1-13,27H,(H,25,28)/b16-13-. The number of amides is 1. The molecule has 0 fully saturated rings. The fourth-order valence-electron chi connectivity index (χ4n) is 3.54. The van der Waals surface area contributed by atoms with Crippen molar-refractivity contribution in [3.05, 3.63) is 94.5 Å². The van der Waals surface area contributed by atoms with E-state index in [4.69, 9.17) is 0 Å². The molecule has 0 spiro atoms. The summed E-state index contributed by atoms with van der Waals surface area (Å²) in [7, 11) is 0. The van der Waals surface area contributed by atoms with E-state index in [-0.39, 0.29) is 23.0 Å². The SMILES string of the molecule is O=C1Nc2ccccc2/C1=C/c1nc2ccccc2c(=O)n1-c1ccccc1O. The Bertz CT molecular complexity index is 1390. The predicted molar refractivity (Wildman–Crippen MR) is 112 cm³/mol. The van der Waals surface area contributed by atoms with Gasteiger partial charge in [0.1, 0.15) is 11.6 Å². The maximum absolute atomic E-state index is 13.3. The van der Waals surface area contributed by atoms with Gasteiger partial charge in [-0.1, -0.05) is 42.5 Å². The topological polar surface area (TPSA) is 84.2 Å². The van der Waals surface area contributed by atoms with Crippen LogP contribution in [0, 0.1) is 0 Å². The van der Waals surface area contributed by atoms with Crippen LogP contribution in [0.5, 0.6) is 5.75 Å². The van der Waals surface area contributed by atoms with Gasteiger partial charge in [0.25, 0.3) is 11.5 Å². The highest BCUT2D eigenvalue weighted by Gasteiger charge is 2.25. The van der Waals surface area contributed by atoms with Gasteiger partial charge in [-0.15, -0.1) is 0 Å². The molecule has 3 aromatic carbocycles. The highest BCUT2D eigenvalue weighted by molar-refractivity contribution is 6.34. The van der Waals surface area contributed by atoms with Gasteiger partial charge in [-0.3, -0.25) is 14.2 Å². The first-order chi connectivity index (χ1) is 14.1. The van der Waals surface area contributed by atoms with Crippen molar-refractivity contribution in [3.63, 3.8) is 0 Å². The number of rotatable bonds is 2. The number of phenols is 1. The van der Waals surface area contributed by atoms with Gasteiger partial charge >= 0.3 is 0 Å². The zero-order valence-corrected chi connectivity index (χ0v) is 15.2. The molecule has 1 aromatic heterocycles. The van der Waals surface area contributed by atoms with Gasteiger partial charge in [0.15, 0.2) is 0 Å².